The standard InChI is InChI=1S/C32H27BrF3N7O2/c1-16-8-18(17-6-7-23(38-13-17)32(34,35)36)9-20-27-29(37)39-15-40-30(27)42(28(16)20)14-26(45)43-21(11-31(2)12-24(31)43)22(44)10-19-4-3-5-25(33)41-19/h3-9,13,15,21,24H,10-12,14H2,1-2H3,(H2,37,39,40)/t21-,24+,31-/m0/s1. The number of alkyl halides is 3. The first-order valence-electron chi connectivity index (χ1n) is 14.4. The van der Waals surface area contributed by atoms with Crippen LogP contribution in [0.2, 0.25) is 0 Å². The number of likely N-dealkylation sites (tertiary alicyclic amines) is 1. The van der Waals surface area contributed by atoms with Gasteiger partial charge in [0.15, 0.2) is 5.78 Å². The number of nitrogens with zero attached hydrogens (tertiary/aromatic N) is 6. The van der Waals surface area contributed by atoms with E-state index in [-0.39, 0.29) is 41.9 Å². The van der Waals surface area contributed by atoms with E-state index in [9.17, 15) is 22.8 Å². The lowest BCUT2D eigenvalue weighted by atomic mass is 9.97. The van der Waals surface area contributed by atoms with Crippen molar-refractivity contribution in [2.75, 3.05) is 5.73 Å². The quantitative estimate of drug-likeness (QED) is 0.222. The van der Waals surface area contributed by atoms with Gasteiger partial charge < -0.3 is 15.2 Å². The van der Waals surface area contributed by atoms with Crippen LogP contribution in [0.15, 0.2) is 59.6 Å². The maximum Gasteiger partial charge on any atom is 0.433 e. The number of hydrogen-bond donors (Lipinski definition) is 1. The van der Waals surface area contributed by atoms with Crippen molar-refractivity contribution in [2.24, 2.45) is 5.41 Å². The molecule has 0 spiro atoms. The minimum absolute atomic E-state index is 0.0259. The molecule has 5 aromatic rings. The third-order valence-electron chi connectivity index (χ3n) is 9.06. The number of halogens is 4. The number of ketones is 1. The SMILES string of the molecule is Cc1cc(-c2ccc(C(F)(F)F)nc2)cc2c3c(N)ncnc3n(CC(=O)N3[C@H](C(=O)Cc4cccc(Br)n4)C[C@@]4(C)C[C@@H]34)c12. The third-order valence-corrected chi connectivity index (χ3v) is 9.50. The minimum Gasteiger partial charge on any atom is -0.383 e. The molecule has 1 saturated carbocycles. The van der Waals surface area contributed by atoms with Crippen molar-refractivity contribution in [3.63, 3.8) is 0 Å². The number of anilines is 1. The van der Waals surface area contributed by atoms with Crippen molar-refractivity contribution in [1.82, 2.24) is 29.4 Å². The number of aromatic nitrogens is 5. The molecule has 1 saturated heterocycles. The Hall–Kier alpha value is -4.39. The molecule has 2 N–H and O–H groups in total. The number of nitrogens with two attached hydrogens (primary N) is 1. The average Bonchev–Trinajstić information content (AvgIpc) is 3.38. The Labute approximate surface area is 263 Å². The van der Waals surface area contributed by atoms with Crippen LogP contribution in [0.3, 0.4) is 0 Å². The number of rotatable bonds is 6. The summed E-state index contributed by atoms with van der Waals surface area (Å²) in [6, 6.07) is 10.8. The third kappa shape index (κ3) is 5.02. The fourth-order valence-corrected chi connectivity index (χ4v) is 7.19. The number of hydrogen-bond acceptors (Lipinski definition) is 7. The van der Waals surface area contributed by atoms with Crippen LogP contribution < -0.4 is 5.73 Å². The Morgan fingerprint density at radius 3 is 2.60 bits per heavy atom. The predicted molar refractivity (Wildman–Crippen MR) is 165 cm³/mol. The van der Waals surface area contributed by atoms with E-state index < -0.39 is 17.9 Å². The fraction of sp³-hybridized carbons (Fsp3) is 0.312. The van der Waals surface area contributed by atoms with Crippen LogP contribution in [0.1, 0.15) is 36.7 Å². The molecule has 0 bridgehead atoms. The minimum atomic E-state index is -4.55. The molecule has 45 heavy (non-hydrogen) atoms. The van der Waals surface area contributed by atoms with E-state index in [2.05, 4.69) is 42.8 Å². The molecule has 3 atom stereocenters. The zero-order chi connectivity index (χ0) is 31.8. The summed E-state index contributed by atoms with van der Waals surface area (Å²) in [5, 5.41) is 1.20. The van der Waals surface area contributed by atoms with Crippen molar-refractivity contribution in [3.8, 4) is 11.1 Å². The maximum absolute atomic E-state index is 14.2. The molecule has 13 heteroatoms. The molecule has 0 unspecified atom stereocenters. The molecule has 1 aliphatic heterocycles. The largest absolute Gasteiger partial charge is 0.433 e. The molecule has 230 valence electrons. The number of carbonyl (C=O) groups is 2. The Morgan fingerprint density at radius 1 is 1.09 bits per heavy atom. The lowest BCUT2D eigenvalue weighted by Gasteiger charge is -2.27. The van der Waals surface area contributed by atoms with E-state index >= 15 is 0 Å². The summed E-state index contributed by atoms with van der Waals surface area (Å²) in [4.78, 5) is 46.1. The number of Topliss-reactive ketones (excluding diaryl/α,β-unsaturated/α-hetero) is 1. The van der Waals surface area contributed by atoms with Gasteiger partial charge in [-0.3, -0.25) is 14.6 Å². The molecule has 1 aliphatic carbocycles. The summed E-state index contributed by atoms with van der Waals surface area (Å²) in [5.41, 5.74) is 8.94. The highest BCUT2D eigenvalue weighted by Gasteiger charge is 2.64. The van der Waals surface area contributed by atoms with Crippen LogP contribution in [-0.2, 0) is 28.7 Å². The average molecular weight is 679 g/mol. The van der Waals surface area contributed by atoms with Gasteiger partial charge in [-0.15, -0.1) is 0 Å². The number of benzene rings is 1. The van der Waals surface area contributed by atoms with Gasteiger partial charge in [-0.2, -0.15) is 13.2 Å². The Morgan fingerprint density at radius 2 is 1.89 bits per heavy atom. The highest BCUT2D eigenvalue weighted by atomic mass is 79.9. The predicted octanol–water partition coefficient (Wildman–Crippen LogP) is 5.90. The van der Waals surface area contributed by atoms with E-state index in [0.29, 0.717) is 49.8 Å². The van der Waals surface area contributed by atoms with Gasteiger partial charge in [0.2, 0.25) is 5.91 Å². The summed E-state index contributed by atoms with van der Waals surface area (Å²) < 4.78 is 41.8. The van der Waals surface area contributed by atoms with Crippen LogP contribution in [0.4, 0.5) is 19.0 Å². The van der Waals surface area contributed by atoms with Crippen LogP contribution in [-0.4, -0.2) is 53.2 Å². The molecule has 1 amide bonds. The van der Waals surface area contributed by atoms with E-state index in [1.807, 2.05) is 19.1 Å². The van der Waals surface area contributed by atoms with Crippen molar-refractivity contribution >= 4 is 55.4 Å². The summed E-state index contributed by atoms with van der Waals surface area (Å²) >= 11 is 3.35. The second kappa shape index (κ2) is 10.3. The van der Waals surface area contributed by atoms with Crippen molar-refractivity contribution in [1.29, 1.82) is 0 Å². The number of carbonyl (C=O) groups excluding carboxylic acids is 2. The number of fused-ring (bicyclic) bond motifs is 4. The molecule has 0 radical (unpaired) electrons. The second-order valence-electron chi connectivity index (χ2n) is 12.2. The summed E-state index contributed by atoms with van der Waals surface area (Å²) in [6.07, 6.45) is -0.468. The van der Waals surface area contributed by atoms with Gasteiger partial charge >= 0.3 is 6.18 Å². The van der Waals surface area contributed by atoms with Crippen molar-refractivity contribution in [3.05, 3.63) is 76.5 Å². The smallest absolute Gasteiger partial charge is 0.383 e. The van der Waals surface area contributed by atoms with E-state index in [1.165, 1.54) is 18.6 Å². The number of pyridine rings is 2. The zero-order valence-electron chi connectivity index (χ0n) is 24.3. The Bertz CT molecular complexity index is 2030. The first-order valence-corrected chi connectivity index (χ1v) is 15.2. The first-order chi connectivity index (χ1) is 21.3. The highest BCUT2D eigenvalue weighted by molar-refractivity contribution is 9.10. The summed E-state index contributed by atoms with van der Waals surface area (Å²) in [7, 11) is 0. The Kier molecular flexibility index (Phi) is 6.73. The molecule has 7 rings (SSSR count). The zero-order valence-corrected chi connectivity index (χ0v) is 25.9. The van der Waals surface area contributed by atoms with Crippen LogP contribution >= 0.6 is 15.9 Å². The number of aryl methyl sites for hydroxylation is 1. The molecule has 5 heterocycles. The highest BCUT2D eigenvalue weighted by Crippen LogP contribution is 2.59. The molecule has 1 aromatic carbocycles. The number of nitrogen functional groups attached to an aromatic ring is 1. The number of amides is 1. The lowest BCUT2D eigenvalue weighted by molar-refractivity contribution is -0.141. The normalized spacial score (nSPS) is 21.0. The van der Waals surface area contributed by atoms with E-state index in [1.54, 1.807) is 27.7 Å². The van der Waals surface area contributed by atoms with Gasteiger partial charge in [-0.1, -0.05) is 19.1 Å². The van der Waals surface area contributed by atoms with Crippen LogP contribution in [0.25, 0.3) is 33.1 Å². The van der Waals surface area contributed by atoms with Gasteiger partial charge in [0.1, 0.15) is 34.6 Å². The fourth-order valence-electron chi connectivity index (χ4n) is 6.81. The molecular formula is C32H27BrF3N7O2. The molecule has 4 aromatic heterocycles. The number of piperidine rings is 1. The Balaban J connectivity index is 1.26. The summed E-state index contributed by atoms with van der Waals surface area (Å²) in [6.45, 7) is 3.89. The molecule has 9 nitrogen and oxygen atoms in total. The summed E-state index contributed by atoms with van der Waals surface area (Å²) in [5.74, 6) is -0.0425. The maximum atomic E-state index is 14.2. The van der Waals surface area contributed by atoms with Gasteiger partial charge in [-0.05, 0) is 82.6 Å². The van der Waals surface area contributed by atoms with Crippen molar-refractivity contribution in [2.45, 2.75) is 57.9 Å². The molecule has 2 fully saturated rings. The van der Waals surface area contributed by atoms with Gasteiger partial charge in [-0.25, -0.2) is 15.0 Å². The topological polar surface area (TPSA) is 120 Å². The van der Waals surface area contributed by atoms with E-state index in [4.69, 9.17) is 5.73 Å². The van der Waals surface area contributed by atoms with Crippen molar-refractivity contribution < 1.29 is 22.8 Å². The van der Waals surface area contributed by atoms with Crippen LogP contribution in [0, 0.1) is 12.3 Å². The first kappa shape index (κ1) is 29.3. The van der Waals surface area contributed by atoms with Gasteiger partial charge in [0.05, 0.1) is 23.4 Å². The van der Waals surface area contributed by atoms with Gasteiger partial charge in [0, 0.05) is 28.9 Å². The van der Waals surface area contributed by atoms with E-state index in [0.717, 1.165) is 18.1 Å². The van der Waals surface area contributed by atoms with Crippen LogP contribution in [0.5, 0.6) is 0 Å². The monoisotopic (exact) mass is 677 g/mol. The molecular weight excluding hydrogens is 651 g/mol. The second-order valence-corrected chi connectivity index (χ2v) is 13.0. The lowest BCUT2D eigenvalue weighted by Crippen LogP contribution is -2.45. The molecule has 2 aliphatic rings. The van der Waals surface area contributed by atoms with Gasteiger partial charge in [0.25, 0.3) is 0 Å².